The highest BCUT2D eigenvalue weighted by atomic mass is 35.5. The van der Waals surface area contributed by atoms with Crippen molar-refractivity contribution in [3.05, 3.63) is 21.3 Å². The van der Waals surface area contributed by atoms with Gasteiger partial charge in [0.15, 0.2) is 0 Å². The van der Waals surface area contributed by atoms with E-state index in [-0.39, 0.29) is 12.6 Å². The summed E-state index contributed by atoms with van der Waals surface area (Å²) in [7, 11) is 0. The standard InChI is InChI=1S/C6H8ClNOS/c7-6-4(1-2-10-6)5(8)3-9/h1-2,5,9H,3,8H2/t5-/m1/s1. The van der Waals surface area contributed by atoms with Gasteiger partial charge in [0.2, 0.25) is 0 Å². The predicted octanol–water partition coefficient (Wildman–Crippen LogP) is 1.39. The van der Waals surface area contributed by atoms with E-state index in [2.05, 4.69) is 0 Å². The molecule has 1 atom stereocenters. The van der Waals surface area contributed by atoms with Crippen LogP contribution in [0.15, 0.2) is 11.4 Å². The lowest BCUT2D eigenvalue weighted by Crippen LogP contribution is -2.13. The monoisotopic (exact) mass is 177 g/mol. The molecule has 0 aliphatic rings. The van der Waals surface area contributed by atoms with Gasteiger partial charge in [-0.1, -0.05) is 11.6 Å². The Balaban J connectivity index is 2.82. The predicted molar refractivity (Wildman–Crippen MR) is 43.3 cm³/mol. The number of aliphatic hydroxyl groups excluding tert-OH is 1. The highest BCUT2D eigenvalue weighted by Gasteiger charge is 2.08. The average molecular weight is 178 g/mol. The van der Waals surface area contributed by atoms with Crippen LogP contribution in [0.2, 0.25) is 4.34 Å². The first-order valence-electron chi connectivity index (χ1n) is 2.85. The third kappa shape index (κ3) is 1.49. The van der Waals surface area contributed by atoms with Gasteiger partial charge in [0.25, 0.3) is 0 Å². The van der Waals surface area contributed by atoms with Crippen LogP contribution < -0.4 is 5.73 Å². The van der Waals surface area contributed by atoms with Gasteiger partial charge in [-0.15, -0.1) is 11.3 Å². The van der Waals surface area contributed by atoms with Gasteiger partial charge in [-0.2, -0.15) is 0 Å². The van der Waals surface area contributed by atoms with Crippen LogP contribution in [0.25, 0.3) is 0 Å². The molecule has 0 saturated carbocycles. The summed E-state index contributed by atoms with van der Waals surface area (Å²) < 4.78 is 0.668. The number of aliphatic hydroxyl groups is 1. The zero-order chi connectivity index (χ0) is 7.56. The minimum absolute atomic E-state index is 0.0591. The molecule has 0 aromatic carbocycles. The second kappa shape index (κ2) is 3.34. The third-order valence-corrected chi connectivity index (χ3v) is 2.44. The normalized spacial score (nSPS) is 13.5. The maximum absolute atomic E-state index is 8.65. The molecule has 0 spiro atoms. The molecule has 0 aliphatic heterocycles. The number of hydrogen-bond acceptors (Lipinski definition) is 3. The van der Waals surface area contributed by atoms with Crippen molar-refractivity contribution >= 4 is 22.9 Å². The first kappa shape index (κ1) is 8.01. The third-order valence-electron chi connectivity index (χ3n) is 1.24. The minimum atomic E-state index is -0.334. The number of nitrogens with two attached hydrogens (primary N) is 1. The molecule has 0 bridgehead atoms. The Labute approximate surface area is 68.2 Å². The summed E-state index contributed by atoms with van der Waals surface area (Å²) in [6, 6.07) is 1.49. The molecule has 3 N–H and O–H groups in total. The van der Waals surface area contributed by atoms with E-state index in [4.69, 9.17) is 22.4 Å². The van der Waals surface area contributed by atoms with Crippen LogP contribution in [0.4, 0.5) is 0 Å². The molecular formula is C6H8ClNOS. The average Bonchev–Trinajstić information content (AvgIpc) is 2.34. The Bertz CT molecular complexity index is 213. The second-order valence-electron chi connectivity index (χ2n) is 1.94. The summed E-state index contributed by atoms with van der Waals surface area (Å²) in [6.45, 7) is -0.0591. The molecule has 4 heteroatoms. The van der Waals surface area contributed by atoms with Crippen molar-refractivity contribution in [1.82, 2.24) is 0 Å². The number of halogens is 1. The van der Waals surface area contributed by atoms with E-state index < -0.39 is 0 Å². The molecule has 0 fully saturated rings. The van der Waals surface area contributed by atoms with Crippen molar-refractivity contribution in [1.29, 1.82) is 0 Å². The summed E-state index contributed by atoms with van der Waals surface area (Å²) >= 11 is 7.16. The molecule has 1 rings (SSSR count). The molecule has 0 saturated heterocycles. The van der Waals surface area contributed by atoms with Crippen LogP contribution in [0.3, 0.4) is 0 Å². The van der Waals surface area contributed by atoms with Crippen molar-refractivity contribution < 1.29 is 5.11 Å². The summed E-state index contributed by atoms with van der Waals surface area (Å²) in [5, 5.41) is 10.5. The van der Waals surface area contributed by atoms with Crippen LogP contribution in [-0.4, -0.2) is 11.7 Å². The molecule has 0 aliphatic carbocycles. The lowest BCUT2D eigenvalue weighted by molar-refractivity contribution is 0.268. The van der Waals surface area contributed by atoms with Crippen molar-refractivity contribution in [3.63, 3.8) is 0 Å². The Morgan fingerprint density at radius 2 is 2.50 bits per heavy atom. The van der Waals surface area contributed by atoms with E-state index in [9.17, 15) is 0 Å². The Kier molecular flexibility index (Phi) is 2.68. The molecule has 0 unspecified atom stereocenters. The molecule has 1 aromatic rings. The number of thiophene rings is 1. The van der Waals surface area contributed by atoms with Crippen LogP contribution >= 0.6 is 22.9 Å². The van der Waals surface area contributed by atoms with Crippen molar-refractivity contribution in [2.45, 2.75) is 6.04 Å². The highest BCUT2D eigenvalue weighted by Crippen LogP contribution is 2.26. The van der Waals surface area contributed by atoms with Crippen LogP contribution in [0, 0.1) is 0 Å². The van der Waals surface area contributed by atoms with E-state index in [0.717, 1.165) is 5.56 Å². The lowest BCUT2D eigenvalue weighted by atomic mass is 10.2. The smallest absolute Gasteiger partial charge is 0.0977 e. The van der Waals surface area contributed by atoms with Crippen molar-refractivity contribution in [3.8, 4) is 0 Å². The highest BCUT2D eigenvalue weighted by molar-refractivity contribution is 7.14. The molecule has 0 radical (unpaired) electrons. The van der Waals surface area contributed by atoms with E-state index in [1.807, 2.05) is 11.4 Å². The Hall–Kier alpha value is -0.0900. The van der Waals surface area contributed by atoms with Gasteiger partial charge in [0.1, 0.15) is 0 Å². The van der Waals surface area contributed by atoms with Gasteiger partial charge >= 0.3 is 0 Å². The van der Waals surface area contributed by atoms with E-state index >= 15 is 0 Å². The molecule has 0 amide bonds. The minimum Gasteiger partial charge on any atom is -0.394 e. The van der Waals surface area contributed by atoms with Crippen molar-refractivity contribution in [2.24, 2.45) is 5.73 Å². The second-order valence-corrected chi connectivity index (χ2v) is 3.46. The van der Waals surface area contributed by atoms with Gasteiger partial charge in [-0.3, -0.25) is 0 Å². The Morgan fingerprint density at radius 1 is 1.80 bits per heavy atom. The topological polar surface area (TPSA) is 46.2 Å². The first-order valence-corrected chi connectivity index (χ1v) is 4.10. The number of rotatable bonds is 2. The maximum atomic E-state index is 8.65. The Morgan fingerprint density at radius 3 is 2.90 bits per heavy atom. The summed E-state index contributed by atoms with van der Waals surface area (Å²) in [5.41, 5.74) is 6.34. The van der Waals surface area contributed by atoms with Gasteiger partial charge in [-0.05, 0) is 11.4 Å². The fraction of sp³-hybridized carbons (Fsp3) is 0.333. The maximum Gasteiger partial charge on any atom is 0.0977 e. The molecular weight excluding hydrogens is 170 g/mol. The molecule has 10 heavy (non-hydrogen) atoms. The number of hydrogen-bond donors (Lipinski definition) is 2. The van der Waals surface area contributed by atoms with Gasteiger partial charge in [-0.25, -0.2) is 0 Å². The van der Waals surface area contributed by atoms with E-state index in [1.165, 1.54) is 11.3 Å². The quantitative estimate of drug-likeness (QED) is 0.718. The SMILES string of the molecule is N[C@H](CO)c1ccsc1Cl. The van der Waals surface area contributed by atoms with Gasteiger partial charge in [0, 0.05) is 5.56 Å². The van der Waals surface area contributed by atoms with Gasteiger partial charge < -0.3 is 10.8 Å². The van der Waals surface area contributed by atoms with Crippen molar-refractivity contribution in [2.75, 3.05) is 6.61 Å². The zero-order valence-electron chi connectivity index (χ0n) is 5.25. The summed E-state index contributed by atoms with van der Waals surface area (Å²) in [5.74, 6) is 0. The summed E-state index contributed by atoms with van der Waals surface area (Å²) in [4.78, 5) is 0. The van der Waals surface area contributed by atoms with Gasteiger partial charge in [0.05, 0.1) is 17.0 Å². The van der Waals surface area contributed by atoms with E-state index in [1.54, 1.807) is 0 Å². The fourth-order valence-electron chi connectivity index (χ4n) is 0.668. The molecule has 1 heterocycles. The molecule has 2 nitrogen and oxygen atoms in total. The van der Waals surface area contributed by atoms with E-state index in [0.29, 0.717) is 4.34 Å². The first-order chi connectivity index (χ1) is 4.75. The fourth-order valence-corrected chi connectivity index (χ4v) is 1.72. The molecule has 1 aromatic heterocycles. The largest absolute Gasteiger partial charge is 0.394 e. The molecule has 56 valence electrons. The zero-order valence-corrected chi connectivity index (χ0v) is 6.82. The summed E-state index contributed by atoms with van der Waals surface area (Å²) in [6.07, 6.45) is 0. The lowest BCUT2D eigenvalue weighted by Gasteiger charge is -2.04. The van der Waals surface area contributed by atoms with Crippen LogP contribution in [-0.2, 0) is 0 Å². The van der Waals surface area contributed by atoms with Crippen LogP contribution in [0.1, 0.15) is 11.6 Å². The van der Waals surface area contributed by atoms with Crippen LogP contribution in [0.5, 0.6) is 0 Å².